The molecular weight excluding hydrogens is 332 g/mol. The van der Waals surface area contributed by atoms with Gasteiger partial charge in [0.25, 0.3) is 0 Å². The minimum absolute atomic E-state index is 0.0482. The van der Waals surface area contributed by atoms with Gasteiger partial charge in [0.2, 0.25) is 0 Å². The van der Waals surface area contributed by atoms with Gasteiger partial charge in [0, 0.05) is 0 Å². The van der Waals surface area contributed by atoms with Crippen molar-refractivity contribution >= 4 is 11.9 Å². The van der Waals surface area contributed by atoms with E-state index in [-0.39, 0.29) is 25.1 Å². The van der Waals surface area contributed by atoms with Crippen LogP contribution < -0.4 is 0 Å². The molecule has 3 rings (SSSR count). The zero-order valence-corrected chi connectivity index (χ0v) is 16.6. The molecule has 0 aromatic carbocycles. The van der Waals surface area contributed by atoms with E-state index in [2.05, 4.69) is 13.8 Å². The molecule has 148 valence electrons. The molecule has 0 saturated heterocycles. The molecule has 0 aromatic heterocycles. The molecule has 0 spiro atoms. The van der Waals surface area contributed by atoms with Gasteiger partial charge in [-0.3, -0.25) is 4.79 Å². The first kappa shape index (κ1) is 19.7. The van der Waals surface area contributed by atoms with Crippen molar-refractivity contribution in [3.05, 3.63) is 0 Å². The normalized spacial score (nSPS) is 38.3. The zero-order chi connectivity index (χ0) is 19.1. The molecule has 0 aromatic rings. The Balaban J connectivity index is 1.54. The third kappa shape index (κ3) is 3.78. The maximum absolute atomic E-state index is 12.6. The lowest BCUT2D eigenvalue weighted by atomic mass is 9.70. The van der Waals surface area contributed by atoms with Crippen LogP contribution in [0.5, 0.6) is 0 Å². The number of ether oxygens (including phenoxy) is 2. The van der Waals surface area contributed by atoms with Crippen molar-refractivity contribution in [2.75, 3.05) is 13.2 Å². The summed E-state index contributed by atoms with van der Waals surface area (Å²) in [6.07, 6.45) is 5.86. The van der Waals surface area contributed by atoms with Crippen LogP contribution in [0.25, 0.3) is 0 Å². The summed E-state index contributed by atoms with van der Waals surface area (Å²) < 4.78 is 10.2. The van der Waals surface area contributed by atoms with E-state index >= 15 is 0 Å². The minimum atomic E-state index is -1.08. The van der Waals surface area contributed by atoms with Gasteiger partial charge in [-0.15, -0.1) is 0 Å². The van der Waals surface area contributed by atoms with Crippen LogP contribution in [0.15, 0.2) is 0 Å². The number of aliphatic hydroxyl groups is 1. The number of fused-ring (bicyclic) bond motifs is 5. The Morgan fingerprint density at radius 3 is 2.27 bits per heavy atom. The van der Waals surface area contributed by atoms with Crippen molar-refractivity contribution in [1.82, 2.24) is 0 Å². The van der Waals surface area contributed by atoms with Crippen molar-refractivity contribution in [2.45, 2.75) is 65.4 Å². The standard InChI is InChI=1S/C21H34O5/c1-5-12-7-13(6-2)19-15-8-14(18(12)19)9-16(15)20(23)25-10-17(22)26-11-21(3,4)24/h12-16,18-19,24H,5-11H2,1-4H3. The second-order valence-electron chi connectivity index (χ2n) is 9.31. The fourth-order valence-corrected chi connectivity index (χ4v) is 6.20. The van der Waals surface area contributed by atoms with Crippen LogP contribution in [0.2, 0.25) is 0 Å². The number of rotatable bonds is 7. The van der Waals surface area contributed by atoms with Crippen molar-refractivity contribution in [3.63, 3.8) is 0 Å². The predicted molar refractivity (Wildman–Crippen MR) is 97.1 cm³/mol. The van der Waals surface area contributed by atoms with Gasteiger partial charge < -0.3 is 14.6 Å². The van der Waals surface area contributed by atoms with Gasteiger partial charge in [0.1, 0.15) is 6.61 Å². The highest BCUT2D eigenvalue weighted by atomic mass is 16.6. The quantitative estimate of drug-likeness (QED) is 0.701. The van der Waals surface area contributed by atoms with Crippen molar-refractivity contribution in [1.29, 1.82) is 0 Å². The van der Waals surface area contributed by atoms with E-state index in [1.165, 1.54) is 19.3 Å². The summed E-state index contributed by atoms with van der Waals surface area (Å²) in [6.45, 7) is 7.25. The zero-order valence-electron chi connectivity index (χ0n) is 16.6. The Bertz CT molecular complexity index is 537. The molecule has 7 atom stereocenters. The van der Waals surface area contributed by atoms with E-state index in [4.69, 9.17) is 9.47 Å². The van der Waals surface area contributed by atoms with E-state index < -0.39 is 11.6 Å². The molecular formula is C21H34O5. The van der Waals surface area contributed by atoms with Crippen molar-refractivity contribution < 1.29 is 24.2 Å². The van der Waals surface area contributed by atoms with Crippen LogP contribution in [0.1, 0.15) is 59.8 Å². The summed E-state index contributed by atoms with van der Waals surface area (Å²) in [6, 6.07) is 0. The van der Waals surface area contributed by atoms with E-state index in [1.807, 2.05) is 0 Å². The van der Waals surface area contributed by atoms with Gasteiger partial charge in [-0.1, -0.05) is 26.7 Å². The Labute approximate surface area is 156 Å². The first-order chi connectivity index (χ1) is 12.2. The fourth-order valence-electron chi connectivity index (χ4n) is 6.20. The average Bonchev–Trinajstić information content (AvgIpc) is 3.26. The van der Waals surface area contributed by atoms with Crippen LogP contribution in [0.3, 0.4) is 0 Å². The molecule has 7 unspecified atom stereocenters. The van der Waals surface area contributed by atoms with Crippen LogP contribution >= 0.6 is 0 Å². The molecule has 0 radical (unpaired) electrons. The number of carbonyl (C=O) groups is 2. The van der Waals surface area contributed by atoms with Crippen LogP contribution in [0, 0.1) is 41.4 Å². The van der Waals surface area contributed by atoms with Crippen LogP contribution in [-0.4, -0.2) is 35.9 Å². The van der Waals surface area contributed by atoms with Gasteiger partial charge in [0.15, 0.2) is 6.61 Å². The number of esters is 2. The molecule has 3 aliphatic rings. The Morgan fingerprint density at radius 2 is 1.65 bits per heavy atom. The molecule has 3 fully saturated rings. The van der Waals surface area contributed by atoms with Gasteiger partial charge >= 0.3 is 11.9 Å². The average molecular weight is 366 g/mol. The second-order valence-corrected chi connectivity index (χ2v) is 9.31. The first-order valence-corrected chi connectivity index (χ1v) is 10.3. The van der Waals surface area contributed by atoms with Gasteiger partial charge in [-0.25, -0.2) is 4.79 Å². The summed E-state index contributed by atoms with van der Waals surface area (Å²) in [5.41, 5.74) is -1.08. The monoisotopic (exact) mass is 366 g/mol. The van der Waals surface area contributed by atoms with E-state index in [9.17, 15) is 14.7 Å². The Hall–Kier alpha value is -1.10. The summed E-state index contributed by atoms with van der Waals surface area (Å²) in [4.78, 5) is 24.3. The third-order valence-corrected chi connectivity index (χ3v) is 7.10. The molecule has 0 aliphatic heterocycles. The lowest BCUT2D eigenvalue weighted by Crippen LogP contribution is -2.35. The third-order valence-electron chi connectivity index (χ3n) is 7.10. The molecule has 5 nitrogen and oxygen atoms in total. The van der Waals surface area contributed by atoms with E-state index in [0.717, 1.165) is 30.6 Å². The Morgan fingerprint density at radius 1 is 1.00 bits per heavy atom. The second kappa shape index (κ2) is 7.49. The highest BCUT2D eigenvalue weighted by Crippen LogP contribution is 2.65. The molecule has 3 aliphatic carbocycles. The summed E-state index contributed by atoms with van der Waals surface area (Å²) in [5.74, 6) is 3.26. The van der Waals surface area contributed by atoms with Gasteiger partial charge in [0.05, 0.1) is 11.5 Å². The summed E-state index contributed by atoms with van der Waals surface area (Å²) in [5, 5.41) is 9.58. The summed E-state index contributed by atoms with van der Waals surface area (Å²) in [7, 11) is 0. The maximum Gasteiger partial charge on any atom is 0.344 e. The SMILES string of the molecule is CCC1CC(CC)C2C3CC(CC3C(=O)OCC(=O)OCC(C)(C)O)C12. The fraction of sp³-hybridized carbons (Fsp3) is 0.905. The van der Waals surface area contributed by atoms with E-state index in [0.29, 0.717) is 17.8 Å². The molecule has 26 heavy (non-hydrogen) atoms. The first-order valence-electron chi connectivity index (χ1n) is 10.3. The number of hydrogen-bond acceptors (Lipinski definition) is 5. The lowest BCUT2D eigenvalue weighted by Gasteiger charge is -2.34. The Kier molecular flexibility index (Phi) is 5.66. The van der Waals surface area contributed by atoms with E-state index in [1.54, 1.807) is 13.8 Å². The number of hydrogen-bond donors (Lipinski definition) is 1. The minimum Gasteiger partial charge on any atom is -0.460 e. The predicted octanol–water partition coefficient (Wildman–Crippen LogP) is 3.19. The van der Waals surface area contributed by atoms with Crippen LogP contribution in [-0.2, 0) is 19.1 Å². The topological polar surface area (TPSA) is 72.8 Å². The number of carbonyl (C=O) groups excluding carboxylic acids is 2. The molecule has 1 N–H and O–H groups in total. The summed E-state index contributed by atoms with van der Waals surface area (Å²) >= 11 is 0. The molecule has 0 amide bonds. The molecule has 5 heteroatoms. The van der Waals surface area contributed by atoms with Crippen LogP contribution in [0.4, 0.5) is 0 Å². The van der Waals surface area contributed by atoms with Crippen molar-refractivity contribution in [3.8, 4) is 0 Å². The molecule has 2 bridgehead atoms. The maximum atomic E-state index is 12.6. The van der Waals surface area contributed by atoms with Gasteiger partial charge in [-0.05, 0) is 68.6 Å². The highest BCUT2D eigenvalue weighted by Gasteiger charge is 2.61. The smallest absolute Gasteiger partial charge is 0.344 e. The van der Waals surface area contributed by atoms with Crippen molar-refractivity contribution in [2.24, 2.45) is 41.4 Å². The lowest BCUT2D eigenvalue weighted by molar-refractivity contribution is -0.166. The van der Waals surface area contributed by atoms with Gasteiger partial charge in [-0.2, -0.15) is 0 Å². The largest absolute Gasteiger partial charge is 0.460 e. The molecule has 0 heterocycles. The highest BCUT2D eigenvalue weighted by molar-refractivity contribution is 5.78. The molecule has 3 saturated carbocycles.